The minimum atomic E-state index is 0.285. The number of nitrogens with zero attached hydrogens (tertiary/aromatic N) is 3. The van der Waals surface area contributed by atoms with Crippen LogP contribution in [0, 0.1) is 0 Å². The Labute approximate surface area is 138 Å². The van der Waals surface area contributed by atoms with Crippen LogP contribution in [0.4, 0.5) is 0 Å². The summed E-state index contributed by atoms with van der Waals surface area (Å²) in [4.78, 5) is 11.5. The molecule has 124 valence electrons. The highest BCUT2D eigenvalue weighted by molar-refractivity contribution is 7.11. The summed E-state index contributed by atoms with van der Waals surface area (Å²) in [5.74, 6) is 0. The molecule has 1 atom stereocenters. The number of rotatable bonds is 5. The van der Waals surface area contributed by atoms with Gasteiger partial charge in [0.25, 0.3) is 0 Å². The first-order valence-corrected chi connectivity index (χ1v) is 9.55. The van der Waals surface area contributed by atoms with Crippen LogP contribution in [0.25, 0.3) is 0 Å². The largest absolute Gasteiger partial charge is 0.396 e. The summed E-state index contributed by atoms with van der Waals surface area (Å²) >= 11 is 1.93. The Morgan fingerprint density at radius 2 is 2.09 bits per heavy atom. The van der Waals surface area contributed by atoms with Crippen molar-refractivity contribution in [2.24, 2.45) is 0 Å². The second-order valence-corrected chi connectivity index (χ2v) is 8.09. The van der Waals surface area contributed by atoms with Crippen molar-refractivity contribution >= 4 is 11.3 Å². The molecule has 0 unspecified atom stereocenters. The van der Waals surface area contributed by atoms with E-state index in [1.165, 1.54) is 41.3 Å². The predicted molar refractivity (Wildman–Crippen MR) is 91.4 cm³/mol. The first kappa shape index (κ1) is 16.4. The minimum absolute atomic E-state index is 0.285. The molecular formula is C17H29N3OS. The van der Waals surface area contributed by atoms with Crippen molar-refractivity contribution in [3.63, 3.8) is 0 Å². The smallest absolute Gasteiger partial charge is 0.107 e. The third-order valence-corrected chi connectivity index (χ3v) is 6.13. The highest BCUT2D eigenvalue weighted by Gasteiger charge is 2.28. The highest BCUT2D eigenvalue weighted by Crippen LogP contribution is 2.28. The molecule has 1 saturated heterocycles. The van der Waals surface area contributed by atoms with E-state index in [-0.39, 0.29) is 6.61 Å². The zero-order chi connectivity index (χ0) is 15.5. The number of aliphatic hydroxyl groups excluding tert-OH is 1. The average molecular weight is 324 g/mol. The molecule has 0 amide bonds. The fourth-order valence-electron chi connectivity index (χ4n) is 3.83. The molecule has 0 aromatic carbocycles. The van der Waals surface area contributed by atoms with E-state index in [0.29, 0.717) is 12.1 Å². The van der Waals surface area contributed by atoms with E-state index in [9.17, 15) is 5.11 Å². The maximum Gasteiger partial charge on any atom is 0.107 e. The minimum Gasteiger partial charge on any atom is -0.396 e. The van der Waals surface area contributed by atoms with Crippen molar-refractivity contribution in [2.45, 2.75) is 64.6 Å². The number of thiazole rings is 1. The van der Waals surface area contributed by atoms with E-state index >= 15 is 0 Å². The van der Waals surface area contributed by atoms with Gasteiger partial charge in [0, 0.05) is 43.2 Å². The number of fused-ring (bicyclic) bond motifs is 1. The summed E-state index contributed by atoms with van der Waals surface area (Å²) in [6.07, 6.45) is 5.94. The van der Waals surface area contributed by atoms with Crippen LogP contribution in [0.1, 0.15) is 48.7 Å². The van der Waals surface area contributed by atoms with E-state index in [4.69, 9.17) is 4.98 Å². The first-order valence-electron chi connectivity index (χ1n) is 8.73. The van der Waals surface area contributed by atoms with Crippen molar-refractivity contribution in [3.05, 3.63) is 15.6 Å². The van der Waals surface area contributed by atoms with Crippen molar-refractivity contribution < 1.29 is 5.11 Å². The molecule has 1 aromatic rings. The first-order chi connectivity index (χ1) is 10.7. The fourth-order valence-corrected chi connectivity index (χ4v) is 5.03. The molecule has 0 radical (unpaired) electrons. The number of hydrogen-bond donors (Lipinski definition) is 1. The molecule has 2 aliphatic rings. The molecule has 1 aromatic heterocycles. The van der Waals surface area contributed by atoms with Crippen LogP contribution in [-0.4, -0.2) is 58.2 Å². The second-order valence-electron chi connectivity index (χ2n) is 6.92. The lowest BCUT2D eigenvalue weighted by atomic mass is 10.0. The Morgan fingerprint density at radius 1 is 1.27 bits per heavy atom. The summed E-state index contributed by atoms with van der Waals surface area (Å²) in [7, 11) is 0. The predicted octanol–water partition coefficient (Wildman–Crippen LogP) is 2.30. The molecule has 1 N–H and O–H groups in total. The molecular weight excluding hydrogens is 294 g/mol. The lowest BCUT2D eigenvalue weighted by Crippen LogP contribution is -2.55. The summed E-state index contributed by atoms with van der Waals surface area (Å²) < 4.78 is 0. The average Bonchev–Trinajstić information content (AvgIpc) is 2.89. The lowest BCUT2D eigenvalue weighted by molar-refractivity contribution is 0.0349. The molecule has 1 fully saturated rings. The van der Waals surface area contributed by atoms with Gasteiger partial charge in [0.2, 0.25) is 0 Å². The lowest BCUT2D eigenvalue weighted by Gasteiger charge is -2.43. The van der Waals surface area contributed by atoms with Gasteiger partial charge in [0.15, 0.2) is 0 Å². The molecule has 1 aliphatic carbocycles. The molecule has 0 spiro atoms. The van der Waals surface area contributed by atoms with E-state index in [1.54, 1.807) is 0 Å². The zero-order valence-corrected chi connectivity index (χ0v) is 14.7. The SMILES string of the molecule is CC(C)N1CCN(Cc2nc3c(s2)CCCC3)C[C@H]1CCO. The molecule has 0 saturated carbocycles. The monoisotopic (exact) mass is 323 g/mol. The van der Waals surface area contributed by atoms with E-state index < -0.39 is 0 Å². The Morgan fingerprint density at radius 3 is 2.82 bits per heavy atom. The molecule has 1 aliphatic heterocycles. The Bertz CT molecular complexity index is 465. The number of aliphatic hydroxyl groups is 1. The molecule has 5 heteroatoms. The fraction of sp³-hybridized carbons (Fsp3) is 0.824. The van der Waals surface area contributed by atoms with Crippen molar-refractivity contribution in [3.8, 4) is 0 Å². The van der Waals surface area contributed by atoms with Crippen LogP contribution in [0.5, 0.6) is 0 Å². The summed E-state index contributed by atoms with van der Waals surface area (Å²) in [5, 5.41) is 10.6. The Hall–Kier alpha value is -0.490. The Balaban J connectivity index is 1.62. The van der Waals surface area contributed by atoms with Crippen LogP contribution in [-0.2, 0) is 19.4 Å². The van der Waals surface area contributed by atoms with Gasteiger partial charge in [0.1, 0.15) is 5.01 Å². The molecule has 0 bridgehead atoms. The molecule has 22 heavy (non-hydrogen) atoms. The second kappa shape index (κ2) is 7.39. The summed E-state index contributed by atoms with van der Waals surface area (Å²) in [5.41, 5.74) is 1.37. The third kappa shape index (κ3) is 3.70. The van der Waals surface area contributed by atoms with Crippen molar-refractivity contribution in [2.75, 3.05) is 26.2 Å². The van der Waals surface area contributed by atoms with Gasteiger partial charge in [-0.1, -0.05) is 0 Å². The highest BCUT2D eigenvalue weighted by atomic mass is 32.1. The van der Waals surface area contributed by atoms with Crippen LogP contribution in [0.2, 0.25) is 0 Å². The van der Waals surface area contributed by atoms with Gasteiger partial charge in [-0.2, -0.15) is 0 Å². The summed E-state index contributed by atoms with van der Waals surface area (Å²) in [6, 6.07) is 1.04. The van der Waals surface area contributed by atoms with E-state index in [1.807, 2.05) is 11.3 Å². The quantitative estimate of drug-likeness (QED) is 0.902. The molecule has 2 heterocycles. The number of aromatic nitrogens is 1. The van der Waals surface area contributed by atoms with Gasteiger partial charge < -0.3 is 5.11 Å². The van der Waals surface area contributed by atoms with Crippen LogP contribution in [0.3, 0.4) is 0 Å². The van der Waals surface area contributed by atoms with Gasteiger partial charge >= 0.3 is 0 Å². The molecule has 3 rings (SSSR count). The number of piperazine rings is 1. The standard InChI is InChI=1S/C17H29N3OS/c1-13(2)20-9-8-19(11-14(20)7-10-21)12-17-18-15-5-3-4-6-16(15)22-17/h13-14,21H,3-12H2,1-2H3/t14-/m1/s1. The normalized spacial score (nSPS) is 23.9. The van der Waals surface area contributed by atoms with Crippen LogP contribution in [0.15, 0.2) is 0 Å². The maximum atomic E-state index is 9.35. The van der Waals surface area contributed by atoms with Gasteiger partial charge in [-0.15, -0.1) is 11.3 Å². The van der Waals surface area contributed by atoms with Crippen molar-refractivity contribution in [1.82, 2.24) is 14.8 Å². The van der Waals surface area contributed by atoms with Gasteiger partial charge in [-0.3, -0.25) is 9.80 Å². The maximum absolute atomic E-state index is 9.35. The third-order valence-electron chi connectivity index (χ3n) is 4.99. The molecule has 4 nitrogen and oxygen atoms in total. The number of hydrogen-bond acceptors (Lipinski definition) is 5. The van der Waals surface area contributed by atoms with Gasteiger partial charge in [0.05, 0.1) is 12.2 Å². The van der Waals surface area contributed by atoms with Crippen molar-refractivity contribution in [1.29, 1.82) is 0 Å². The summed E-state index contributed by atoms with van der Waals surface area (Å²) in [6.45, 7) is 9.07. The topological polar surface area (TPSA) is 39.6 Å². The van der Waals surface area contributed by atoms with E-state index in [0.717, 1.165) is 32.6 Å². The van der Waals surface area contributed by atoms with Gasteiger partial charge in [-0.05, 0) is 46.0 Å². The van der Waals surface area contributed by atoms with Crippen LogP contribution >= 0.6 is 11.3 Å². The zero-order valence-electron chi connectivity index (χ0n) is 13.9. The number of aryl methyl sites for hydroxylation is 2. The van der Waals surface area contributed by atoms with Crippen LogP contribution < -0.4 is 0 Å². The Kier molecular flexibility index (Phi) is 5.50. The van der Waals surface area contributed by atoms with E-state index in [2.05, 4.69) is 23.6 Å². The van der Waals surface area contributed by atoms with Gasteiger partial charge in [-0.25, -0.2) is 4.98 Å².